The lowest BCUT2D eigenvalue weighted by molar-refractivity contribution is -0.114. The molecule has 3 aromatic rings. The molecule has 0 fully saturated rings. The van der Waals surface area contributed by atoms with Crippen molar-refractivity contribution < 1.29 is 4.79 Å². The largest absolute Gasteiger partial charge is 0.376 e. The van der Waals surface area contributed by atoms with Gasteiger partial charge < -0.3 is 10.6 Å². The molecule has 0 aliphatic carbocycles. The van der Waals surface area contributed by atoms with Gasteiger partial charge in [0.25, 0.3) is 0 Å². The zero-order chi connectivity index (χ0) is 16.9. The van der Waals surface area contributed by atoms with Crippen LogP contribution in [0.15, 0.2) is 55.1 Å². The van der Waals surface area contributed by atoms with Crippen molar-refractivity contribution in [1.29, 1.82) is 0 Å². The number of carbonyl (C=O) groups is 1. The first-order chi connectivity index (χ1) is 11.6. The number of benzene rings is 2. The van der Waals surface area contributed by atoms with E-state index in [1.54, 1.807) is 41.3 Å². The summed E-state index contributed by atoms with van der Waals surface area (Å²) in [6.45, 7) is 0.0870. The highest BCUT2D eigenvalue weighted by Crippen LogP contribution is 2.24. The van der Waals surface area contributed by atoms with Crippen molar-refractivity contribution in [3.05, 3.63) is 65.2 Å². The molecule has 0 bridgehead atoms. The van der Waals surface area contributed by atoms with E-state index < -0.39 is 0 Å². The van der Waals surface area contributed by atoms with Crippen molar-refractivity contribution >= 4 is 40.5 Å². The molecule has 1 aromatic heterocycles. The van der Waals surface area contributed by atoms with Crippen molar-refractivity contribution in [2.24, 2.45) is 0 Å². The van der Waals surface area contributed by atoms with Gasteiger partial charge in [-0.15, -0.1) is 0 Å². The van der Waals surface area contributed by atoms with Crippen LogP contribution in [0.2, 0.25) is 10.0 Å². The summed E-state index contributed by atoms with van der Waals surface area (Å²) in [6, 6.07) is 12.3. The zero-order valence-corrected chi connectivity index (χ0v) is 13.9. The molecule has 2 N–H and O–H groups in total. The second-order valence-electron chi connectivity index (χ2n) is 4.91. The van der Waals surface area contributed by atoms with E-state index >= 15 is 0 Å². The summed E-state index contributed by atoms with van der Waals surface area (Å²) in [5.41, 5.74) is 1.99. The number of halogens is 2. The van der Waals surface area contributed by atoms with Gasteiger partial charge >= 0.3 is 0 Å². The molecule has 6 nitrogen and oxygen atoms in total. The minimum atomic E-state index is -0.224. The van der Waals surface area contributed by atoms with E-state index in [1.807, 2.05) is 12.1 Å². The summed E-state index contributed by atoms with van der Waals surface area (Å²) < 4.78 is 1.55. The fraction of sp³-hybridized carbons (Fsp3) is 0.0625. The van der Waals surface area contributed by atoms with Crippen LogP contribution in [0.3, 0.4) is 0 Å². The molecular weight excluding hydrogens is 349 g/mol. The van der Waals surface area contributed by atoms with E-state index in [2.05, 4.69) is 20.7 Å². The van der Waals surface area contributed by atoms with E-state index in [4.69, 9.17) is 23.2 Å². The standard InChI is InChI=1S/C16H13Cl2N5O/c17-11-2-1-3-13(6-11)20-8-16(24)22-14-7-12(18)4-5-15(14)23-10-19-9-21-23/h1-7,9-10,20H,8H2,(H,22,24). The summed E-state index contributed by atoms with van der Waals surface area (Å²) in [5.74, 6) is -0.224. The Kier molecular flexibility index (Phi) is 4.98. The third-order valence-corrected chi connectivity index (χ3v) is 3.65. The van der Waals surface area contributed by atoms with Crippen molar-refractivity contribution in [2.45, 2.75) is 0 Å². The maximum atomic E-state index is 12.2. The monoisotopic (exact) mass is 361 g/mol. The molecule has 0 aliphatic rings. The van der Waals surface area contributed by atoms with Crippen molar-refractivity contribution in [3.8, 4) is 5.69 Å². The van der Waals surface area contributed by atoms with Crippen molar-refractivity contribution in [1.82, 2.24) is 14.8 Å². The predicted molar refractivity (Wildman–Crippen MR) is 94.9 cm³/mol. The van der Waals surface area contributed by atoms with Crippen molar-refractivity contribution in [2.75, 3.05) is 17.2 Å². The van der Waals surface area contributed by atoms with Crippen LogP contribution in [0.4, 0.5) is 11.4 Å². The Morgan fingerprint density at radius 1 is 1.12 bits per heavy atom. The summed E-state index contributed by atoms with van der Waals surface area (Å²) in [6.07, 6.45) is 2.96. The minimum Gasteiger partial charge on any atom is -0.376 e. The van der Waals surface area contributed by atoms with Crippen LogP contribution in [0.25, 0.3) is 5.69 Å². The molecule has 0 atom stereocenters. The predicted octanol–water partition coefficient (Wildman–Crippen LogP) is 3.62. The first kappa shape index (κ1) is 16.3. The molecule has 0 aliphatic heterocycles. The summed E-state index contributed by atoms with van der Waals surface area (Å²) in [4.78, 5) is 16.1. The van der Waals surface area contributed by atoms with Gasteiger partial charge in [-0.3, -0.25) is 4.79 Å². The van der Waals surface area contributed by atoms with Crippen LogP contribution >= 0.6 is 23.2 Å². The first-order valence-corrected chi connectivity index (χ1v) is 7.81. The van der Waals surface area contributed by atoms with Crippen LogP contribution in [0, 0.1) is 0 Å². The van der Waals surface area contributed by atoms with Gasteiger partial charge in [-0.05, 0) is 36.4 Å². The van der Waals surface area contributed by atoms with Crippen LogP contribution in [-0.2, 0) is 4.79 Å². The summed E-state index contributed by atoms with van der Waals surface area (Å²) in [7, 11) is 0. The minimum absolute atomic E-state index is 0.0870. The fourth-order valence-electron chi connectivity index (χ4n) is 2.12. The average Bonchev–Trinajstić information content (AvgIpc) is 3.07. The summed E-state index contributed by atoms with van der Waals surface area (Å²) in [5, 5.41) is 11.0. The Morgan fingerprint density at radius 2 is 1.96 bits per heavy atom. The number of rotatable bonds is 5. The lowest BCUT2D eigenvalue weighted by Crippen LogP contribution is -2.22. The molecule has 1 heterocycles. The highest BCUT2D eigenvalue weighted by molar-refractivity contribution is 6.31. The molecule has 3 rings (SSSR count). The molecule has 8 heteroatoms. The van der Waals surface area contributed by atoms with Crippen LogP contribution < -0.4 is 10.6 Å². The molecule has 122 valence electrons. The number of nitrogens with zero attached hydrogens (tertiary/aromatic N) is 3. The zero-order valence-electron chi connectivity index (χ0n) is 12.4. The van der Waals surface area contributed by atoms with Gasteiger partial charge in [-0.25, -0.2) is 9.67 Å². The Labute approximate surface area is 148 Å². The summed E-state index contributed by atoms with van der Waals surface area (Å²) >= 11 is 11.9. The van der Waals surface area contributed by atoms with Crippen LogP contribution in [0.5, 0.6) is 0 Å². The van der Waals surface area contributed by atoms with Gasteiger partial charge in [0.2, 0.25) is 5.91 Å². The molecule has 2 aromatic carbocycles. The molecule has 1 amide bonds. The van der Waals surface area contributed by atoms with Gasteiger partial charge in [0, 0.05) is 15.7 Å². The maximum Gasteiger partial charge on any atom is 0.243 e. The van der Waals surface area contributed by atoms with Gasteiger partial charge in [-0.1, -0.05) is 29.3 Å². The Bertz CT molecular complexity index is 851. The third-order valence-electron chi connectivity index (χ3n) is 3.18. The number of nitrogens with one attached hydrogen (secondary N) is 2. The first-order valence-electron chi connectivity index (χ1n) is 7.05. The van der Waals surface area contributed by atoms with E-state index in [1.165, 1.54) is 6.33 Å². The van der Waals surface area contributed by atoms with E-state index in [0.717, 1.165) is 5.69 Å². The maximum absolute atomic E-state index is 12.2. The van der Waals surface area contributed by atoms with Gasteiger partial charge in [-0.2, -0.15) is 5.10 Å². The number of amides is 1. The highest BCUT2D eigenvalue weighted by atomic mass is 35.5. The Balaban J connectivity index is 1.71. The quantitative estimate of drug-likeness (QED) is 0.727. The topological polar surface area (TPSA) is 71.8 Å². The van der Waals surface area contributed by atoms with E-state index in [0.29, 0.717) is 21.4 Å². The molecule has 0 saturated carbocycles. The number of aromatic nitrogens is 3. The van der Waals surface area contributed by atoms with Crippen molar-refractivity contribution in [3.63, 3.8) is 0 Å². The molecule has 0 unspecified atom stereocenters. The number of anilines is 2. The van der Waals surface area contributed by atoms with Crippen LogP contribution in [-0.4, -0.2) is 27.2 Å². The second kappa shape index (κ2) is 7.33. The van der Waals surface area contributed by atoms with E-state index in [9.17, 15) is 4.79 Å². The van der Waals surface area contributed by atoms with E-state index in [-0.39, 0.29) is 12.5 Å². The normalized spacial score (nSPS) is 10.4. The lowest BCUT2D eigenvalue weighted by atomic mass is 10.2. The Hall–Kier alpha value is -2.57. The number of hydrogen-bond donors (Lipinski definition) is 2. The molecule has 0 spiro atoms. The van der Waals surface area contributed by atoms with Gasteiger partial charge in [0.05, 0.1) is 17.9 Å². The van der Waals surface area contributed by atoms with Gasteiger partial charge in [0.15, 0.2) is 0 Å². The third kappa shape index (κ3) is 4.04. The fourth-order valence-corrected chi connectivity index (χ4v) is 2.48. The van der Waals surface area contributed by atoms with Gasteiger partial charge in [0.1, 0.15) is 12.7 Å². The number of hydrogen-bond acceptors (Lipinski definition) is 4. The SMILES string of the molecule is O=C(CNc1cccc(Cl)c1)Nc1cc(Cl)ccc1-n1cncn1. The lowest BCUT2D eigenvalue weighted by Gasteiger charge is -2.12. The molecule has 0 radical (unpaired) electrons. The smallest absolute Gasteiger partial charge is 0.243 e. The Morgan fingerprint density at radius 3 is 2.71 bits per heavy atom. The molecule has 0 saturated heterocycles. The average molecular weight is 362 g/mol. The number of carbonyl (C=O) groups excluding carboxylic acids is 1. The second-order valence-corrected chi connectivity index (χ2v) is 5.79. The molecule has 24 heavy (non-hydrogen) atoms. The molecular formula is C16H13Cl2N5O. The van der Waals surface area contributed by atoms with Crippen LogP contribution in [0.1, 0.15) is 0 Å². The highest BCUT2D eigenvalue weighted by Gasteiger charge is 2.10.